The molecule has 1 atom stereocenters. The highest BCUT2D eigenvalue weighted by molar-refractivity contribution is 5.80. The molecule has 0 bridgehead atoms. The Bertz CT molecular complexity index is 872. The molecule has 2 aliphatic heterocycles. The van der Waals surface area contributed by atoms with Crippen LogP contribution in [0.4, 0.5) is 0 Å². The molecule has 4 rings (SSSR count). The van der Waals surface area contributed by atoms with Crippen LogP contribution in [0.2, 0.25) is 0 Å². The van der Waals surface area contributed by atoms with Gasteiger partial charge in [-0.2, -0.15) is 0 Å². The van der Waals surface area contributed by atoms with Gasteiger partial charge in [0, 0.05) is 52.2 Å². The van der Waals surface area contributed by atoms with Gasteiger partial charge in [-0.05, 0) is 25.0 Å². The molecule has 0 aliphatic carbocycles. The SMILES string of the molecule is COc1cccc(OC)c1CN1CCc2nnc(CCNC(=O)[C@@H]3CCCO3)n2CC1. The number of rotatable bonds is 8. The lowest BCUT2D eigenvalue weighted by molar-refractivity contribution is -0.130. The van der Waals surface area contributed by atoms with E-state index in [1.165, 1.54) is 0 Å². The third-order valence-corrected chi connectivity index (χ3v) is 5.98. The molecule has 0 radical (unpaired) electrons. The van der Waals surface area contributed by atoms with Crippen molar-refractivity contribution in [1.29, 1.82) is 0 Å². The average molecular weight is 430 g/mol. The number of nitrogens with zero attached hydrogens (tertiary/aromatic N) is 4. The van der Waals surface area contributed by atoms with Crippen molar-refractivity contribution < 1.29 is 19.0 Å². The van der Waals surface area contributed by atoms with Crippen molar-refractivity contribution in [2.24, 2.45) is 0 Å². The minimum atomic E-state index is -0.295. The molecule has 3 heterocycles. The van der Waals surface area contributed by atoms with Crippen LogP contribution in [0.3, 0.4) is 0 Å². The molecular weight excluding hydrogens is 398 g/mol. The van der Waals surface area contributed by atoms with E-state index in [1.807, 2.05) is 18.2 Å². The Morgan fingerprint density at radius 2 is 2.00 bits per heavy atom. The largest absolute Gasteiger partial charge is 0.496 e. The van der Waals surface area contributed by atoms with E-state index >= 15 is 0 Å². The maximum Gasteiger partial charge on any atom is 0.249 e. The molecule has 0 spiro atoms. The van der Waals surface area contributed by atoms with Crippen LogP contribution in [0.1, 0.15) is 30.1 Å². The second-order valence-corrected chi connectivity index (χ2v) is 7.89. The molecule has 1 N–H and O–H groups in total. The maximum absolute atomic E-state index is 12.1. The lowest BCUT2D eigenvalue weighted by Crippen LogP contribution is -2.35. The van der Waals surface area contributed by atoms with Gasteiger partial charge in [0.05, 0.1) is 19.8 Å². The Kier molecular flexibility index (Phi) is 7.03. The third-order valence-electron chi connectivity index (χ3n) is 5.98. The summed E-state index contributed by atoms with van der Waals surface area (Å²) in [5.74, 6) is 3.57. The fraction of sp³-hybridized carbons (Fsp3) is 0.591. The van der Waals surface area contributed by atoms with Crippen molar-refractivity contribution in [2.75, 3.05) is 40.5 Å². The van der Waals surface area contributed by atoms with Crippen molar-refractivity contribution in [3.8, 4) is 11.5 Å². The topological polar surface area (TPSA) is 90.7 Å². The first-order valence-corrected chi connectivity index (χ1v) is 10.9. The van der Waals surface area contributed by atoms with E-state index < -0.39 is 0 Å². The Labute approximate surface area is 182 Å². The molecular formula is C22H31N5O4. The smallest absolute Gasteiger partial charge is 0.249 e. The molecule has 31 heavy (non-hydrogen) atoms. The number of nitrogens with one attached hydrogen (secondary N) is 1. The predicted molar refractivity (Wildman–Crippen MR) is 114 cm³/mol. The quantitative estimate of drug-likeness (QED) is 0.674. The van der Waals surface area contributed by atoms with Crippen molar-refractivity contribution in [2.45, 2.75) is 44.9 Å². The highest BCUT2D eigenvalue weighted by Crippen LogP contribution is 2.30. The van der Waals surface area contributed by atoms with E-state index in [0.717, 1.165) is 74.2 Å². The van der Waals surface area contributed by atoms with Gasteiger partial charge >= 0.3 is 0 Å². The van der Waals surface area contributed by atoms with Gasteiger partial charge in [0.15, 0.2) is 0 Å². The van der Waals surface area contributed by atoms with Crippen molar-refractivity contribution >= 4 is 5.91 Å². The minimum absolute atomic E-state index is 0.0231. The molecule has 1 saturated heterocycles. The zero-order valence-electron chi connectivity index (χ0n) is 18.3. The normalized spacial score (nSPS) is 19.0. The van der Waals surface area contributed by atoms with Crippen LogP contribution in [0.15, 0.2) is 18.2 Å². The minimum Gasteiger partial charge on any atom is -0.496 e. The van der Waals surface area contributed by atoms with Crippen LogP contribution in [0, 0.1) is 0 Å². The fourth-order valence-electron chi connectivity index (χ4n) is 4.27. The highest BCUT2D eigenvalue weighted by atomic mass is 16.5. The number of aromatic nitrogens is 3. The summed E-state index contributed by atoms with van der Waals surface area (Å²) in [6.07, 6.45) is 2.95. The number of amides is 1. The average Bonchev–Trinajstić information content (AvgIpc) is 3.42. The van der Waals surface area contributed by atoms with Gasteiger partial charge < -0.3 is 24.1 Å². The summed E-state index contributed by atoms with van der Waals surface area (Å²) < 4.78 is 18.7. The van der Waals surface area contributed by atoms with E-state index in [0.29, 0.717) is 19.6 Å². The number of benzene rings is 1. The summed E-state index contributed by atoms with van der Waals surface area (Å²) in [6.45, 7) is 4.54. The molecule has 1 amide bonds. The summed E-state index contributed by atoms with van der Waals surface area (Å²) in [7, 11) is 3.37. The molecule has 9 heteroatoms. The van der Waals surface area contributed by atoms with Crippen LogP contribution < -0.4 is 14.8 Å². The number of fused-ring (bicyclic) bond motifs is 1. The molecule has 1 aromatic heterocycles. The van der Waals surface area contributed by atoms with Gasteiger partial charge in [-0.15, -0.1) is 10.2 Å². The molecule has 1 aromatic carbocycles. The van der Waals surface area contributed by atoms with Crippen molar-refractivity contribution in [3.63, 3.8) is 0 Å². The van der Waals surface area contributed by atoms with E-state index in [1.54, 1.807) is 14.2 Å². The summed E-state index contributed by atoms with van der Waals surface area (Å²) in [5, 5.41) is 11.7. The van der Waals surface area contributed by atoms with Gasteiger partial charge in [0.1, 0.15) is 29.3 Å². The van der Waals surface area contributed by atoms with Crippen LogP contribution in [0.25, 0.3) is 0 Å². The first-order valence-electron chi connectivity index (χ1n) is 10.9. The van der Waals surface area contributed by atoms with Gasteiger partial charge in [-0.25, -0.2) is 0 Å². The van der Waals surface area contributed by atoms with E-state index in [-0.39, 0.29) is 12.0 Å². The lowest BCUT2D eigenvalue weighted by Gasteiger charge is -2.22. The highest BCUT2D eigenvalue weighted by Gasteiger charge is 2.24. The molecule has 1 fully saturated rings. The Balaban J connectivity index is 1.34. The molecule has 0 unspecified atom stereocenters. The van der Waals surface area contributed by atoms with Gasteiger partial charge in [0.25, 0.3) is 0 Å². The number of ether oxygens (including phenoxy) is 3. The summed E-state index contributed by atoms with van der Waals surface area (Å²) in [4.78, 5) is 14.5. The second kappa shape index (κ2) is 10.1. The van der Waals surface area contributed by atoms with Gasteiger partial charge in [-0.3, -0.25) is 9.69 Å². The molecule has 168 valence electrons. The number of hydrogen-bond acceptors (Lipinski definition) is 7. The van der Waals surface area contributed by atoms with Crippen LogP contribution in [-0.4, -0.2) is 72.1 Å². The fourth-order valence-corrected chi connectivity index (χ4v) is 4.27. The molecule has 9 nitrogen and oxygen atoms in total. The second-order valence-electron chi connectivity index (χ2n) is 7.89. The van der Waals surface area contributed by atoms with Crippen LogP contribution in [0.5, 0.6) is 11.5 Å². The Hall–Kier alpha value is -2.65. The zero-order chi connectivity index (χ0) is 21.6. The number of carbonyl (C=O) groups is 1. The molecule has 2 aromatic rings. The third kappa shape index (κ3) is 4.99. The van der Waals surface area contributed by atoms with Crippen molar-refractivity contribution in [3.05, 3.63) is 35.4 Å². The van der Waals surface area contributed by atoms with E-state index in [2.05, 4.69) is 25.0 Å². The first kappa shape index (κ1) is 21.6. The number of methoxy groups -OCH3 is 2. The van der Waals surface area contributed by atoms with Gasteiger partial charge in [-0.1, -0.05) is 6.07 Å². The zero-order valence-corrected chi connectivity index (χ0v) is 18.3. The number of carbonyl (C=O) groups excluding carboxylic acids is 1. The number of hydrogen-bond donors (Lipinski definition) is 1. The molecule has 0 saturated carbocycles. The summed E-state index contributed by atoms with van der Waals surface area (Å²) in [6, 6.07) is 5.87. The van der Waals surface area contributed by atoms with E-state index in [4.69, 9.17) is 14.2 Å². The van der Waals surface area contributed by atoms with Crippen LogP contribution in [-0.2, 0) is 35.5 Å². The summed E-state index contributed by atoms with van der Waals surface area (Å²) in [5.41, 5.74) is 1.06. The van der Waals surface area contributed by atoms with Crippen molar-refractivity contribution in [1.82, 2.24) is 25.0 Å². The molecule has 2 aliphatic rings. The maximum atomic E-state index is 12.1. The monoisotopic (exact) mass is 429 g/mol. The summed E-state index contributed by atoms with van der Waals surface area (Å²) >= 11 is 0. The predicted octanol–water partition coefficient (Wildman–Crippen LogP) is 1.19. The van der Waals surface area contributed by atoms with Crippen LogP contribution >= 0.6 is 0 Å². The Morgan fingerprint density at radius 3 is 2.71 bits per heavy atom. The first-order chi connectivity index (χ1) is 15.2. The lowest BCUT2D eigenvalue weighted by atomic mass is 10.1. The van der Waals surface area contributed by atoms with Gasteiger partial charge in [0.2, 0.25) is 5.91 Å². The Morgan fingerprint density at radius 1 is 1.19 bits per heavy atom. The van der Waals surface area contributed by atoms with E-state index in [9.17, 15) is 4.79 Å². The standard InChI is InChI=1S/C22H31N5O4/c1-29-17-5-3-6-18(30-2)16(17)15-26-11-9-21-25-24-20(27(21)13-12-26)8-10-23-22(28)19-7-4-14-31-19/h3,5-6,19H,4,7-15H2,1-2H3,(H,23,28)/t19-/m0/s1.